The van der Waals surface area contributed by atoms with E-state index < -0.39 is 5.91 Å². The van der Waals surface area contributed by atoms with Crippen LogP contribution in [0, 0.1) is 5.82 Å². The Balaban J connectivity index is 1.44. The number of amides is 3. The normalized spacial score (nSPS) is 13.8. The number of halogens is 1. The predicted molar refractivity (Wildman–Crippen MR) is 108 cm³/mol. The summed E-state index contributed by atoms with van der Waals surface area (Å²) in [6.07, 6.45) is 0.162. The zero-order valence-electron chi connectivity index (χ0n) is 15.9. The molecule has 0 aromatic heterocycles. The van der Waals surface area contributed by atoms with Crippen molar-refractivity contribution in [2.75, 3.05) is 36.4 Å². The van der Waals surface area contributed by atoms with Gasteiger partial charge in [0.25, 0.3) is 0 Å². The van der Waals surface area contributed by atoms with Gasteiger partial charge in [-0.3, -0.25) is 14.4 Å². The summed E-state index contributed by atoms with van der Waals surface area (Å²) in [5, 5.41) is 2.67. The van der Waals surface area contributed by atoms with Crippen molar-refractivity contribution in [3.05, 3.63) is 59.9 Å². The fourth-order valence-electron chi connectivity index (χ4n) is 3.22. The molecule has 0 saturated carbocycles. The van der Waals surface area contributed by atoms with E-state index in [-0.39, 0.29) is 30.5 Å². The molecule has 2 aromatic carbocycles. The highest BCUT2D eigenvalue weighted by Gasteiger charge is 2.21. The van der Waals surface area contributed by atoms with Crippen LogP contribution in [-0.2, 0) is 9.59 Å². The van der Waals surface area contributed by atoms with Gasteiger partial charge >= 0.3 is 0 Å². The number of rotatable bonds is 6. The van der Waals surface area contributed by atoms with Gasteiger partial charge in [-0.25, -0.2) is 4.39 Å². The van der Waals surface area contributed by atoms with Crippen LogP contribution < -0.4 is 16.0 Å². The van der Waals surface area contributed by atoms with E-state index in [9.17, 15) is 18.8 Å². The quantitative estimate of drug-likeness (QED) is 0.778. The molecule has 1 aliphatic rings. The third-order valence-electron chi connectivity index (χ3n) is 4.82. The molecule has 0 aliphatic carbocycles. The fourth-order valence-corrected chi connectivity index (χ4v) is 3.22. The molecular formula is C21H23FN4O3. The maximum Gasteiger partial charge on any atom is 0.248 e. The van der Waals surface area contributed by atoms with Crippen LogP contribution in [0.2, 0.25) is 0 Å². The molecule has 1 fully saturated rings. The highest BCUT2D eigenvalue weighted by molar-refractivity contribution is 5.97. The van der Waals surface area contributed by atoms with Crippen LogP contribution in [0.5, 0.6) is 0 Å². The summed E-state index contributed by atoms with van der Waals surface area (Å²) in [5.41, 5.74) is 6.92. The first-order valence-corrected chi connectivity index (χ1v) is 9.40. The van der Waals surface area contributed by atoms with Crippen molar-refractivity contribution >= 4 is 29.1 Å². The third kappa shape index (κ3) is 5.54. The minimum Gasteiger partial charge on any atom is -0.368 e. The standard InChI is InChI=1S/C21H23FN4O3/c22-16-4-6-18(7-5-16)25-10-12-26(13-11-25)20(28)9-8-19(27)24-17-3-1-2-15(14-17)21(23)29/h1-7,14H,8-13H2,(H2,23,29)(H,24,27). The van der Waals surface area contributed by atoms with E-state index in [0.717, 1.165) is 5.69 Å². The van der Waals surface area contributed by atoms with Crippen molar-refractivity contribution < 1.29 is 18.8 Å². The molecule has 3 amide bonds. The first-order valence-electron chi connectivity index (χ1n) is 9.40. The lowest BCUT2D eigenvalue weighted by atomic mass is 10.2. The van der Waals surface area contributed by atoms with Gasteiger partial charge in [0.2, 0.25) is 17.7 Å². The summed E-state index contributed by atoms with van der Waals surface area (Å²) in [6.45, 7) is 2.42. The van der Waals surface area contributed by atoms with Crippen molar-refractivity contribution in [1.29, 1.82) is 0 Å². The fraction of sp³-hybridized carbons (Fsp3) is 0.286. The lowest BCUT2D eigenvalue weighted by Gasteiger charge is -2.36. The number of nitrogens with zero attached hydrogens (tertiary/aromatic N) is 2. The van der Waals surface area contributed by atoms with Crippen molar-refractivity contribution in [3.8, 4) is 0 Å². The number of hydrogen-bond acceptors (Lipinski definition) is 4. The Bertz CT molecular complexity index is 893. The molecule has 1 saturated heterocycles. The number of nitrogens with two attached hydrogens (primary N) is 1. The minimum absolute atomic E-state index is 0.0534. The van der Waals surface area contributed by atoms with Gasteiger partial charge in [0.15, 0.2) is 0 Å². The predicted octanol–water partition coefficient (Wildman–Crippen LogP) is 1.99. The van der Waals surface area contributed by atoms with Gasteiger partial charge in [0, 0.05) is 56.0 Å². The molecule has 1 heterocycles. The van der Waals surface area contributed by atoms with Gasteiger partial charge in [0.05, 0.1) is 0 Å². The van der Waals surface area contributed by atoms with Crippen molar-refractivity contribution in [2.45, 2.75) is 12.8 Å². The maximum absolute atomic E-state index is 13.0. The van der Waals surface area contributed by atoms with Gasteiger partial charge in [-0.2, -0.15) is 0 Å². The second kappa shape index (κ2) is 9.18. The van der Waals surface area contributed by atoms with Crippen LogP contribution in [0.1, 0.15) is 23.2 Å². The summed E-state index contributed by atoms with van der Waals surface area (Å²) >= 11 is 0. The molecule has 8 heteroatoms. The molecule has 29 heavy (non-hydrogen) atoms. The van der Waals surface area contributed by atoms with Crippen LogP contribution in [0.4, 0.5) is 15.8 Å². The second-order valence-electron chi connectivity index (χ2n) is 6.84. The molecule has 0 atom stereocenters. The lowest BCUT2D eigenvalue weighted by Crippen LogP contribution is -2.48. The number of benzene rings is 2. The van der Waals surface area contributed by atoms with Crippen molar-refractivity contribution in [1.82, 2.24) is 4.90 Å². The summed E-state index contributed by atoms with van der Waals surface area (Å²) in [6, 6.07) is 12.6. The lowest BCUT2D eigenvalue weighted by molar-refractivity contribution is -0.133. The molecule has 3 N–H and O–H groups in total. The molecular weight excluding hydrogens is 375 g/mol. The number of nitrogens with one attached hydrogen (secondary N) is 1. The zero-order chi connectivity index (χ0) is 20.8. The molecule has 0 unspecified atom stereocenters. The molecule has 7 nitrogen and oxygen atoms in total. The van der Waals surface area contributed by atoms with Gasteiger partial charge < -0.3 is 20.9 Å². The van der Waals surface area contributed by atoms with E-state index in [0.29, 0.717) is 37.4 Å². The highest BCUT2D eigenvalue weighted by Crippen LogP contribution is 2.17. The Morgan fingerprint density at radius 2 is 1.66 bits per heavy atom. The van der Waals surface area contributed by atoms with E-state index >= 15 is 0 Å². The Kier molecular flexibility index (Phi) is 6.43. The van der Waals surface area contributed by atoms with Crippen LogP contribution >= 0.6 is 0 Å². The minimum atomic E-state index is -0.573. The number of anilines is 2. The molecule has 0 radical (unpaired) electrons. The first-order chi connectivity index (χ1) is 13.9. The SMILES string of the molecule is NC(=O)c1cccc(NC(=O)CCC(=O)N2CCN(c3ccc(F)cc3)CC2)c1. The van der Waals surface area contributed by atoms with Crippen LogP contribution in [0.3, 0.4) is 0 Å². The number of piperazine rings is 1. The van der Waals surface area contributed by atoms with Crippen molar-refractivity contribution in [2.24, 2.45) is 5.73 Å². The Morgan fingerprint density at radius 1 is 0.966 bits per heavy atom. The van der Waals surface area contributed by atoms with Crippen LogP contribution in [0.25, 0.3) is 0 Å². The monoisotopic (exact) mass is 398 g/mol. The average Bonchev–Trinajstić information content (AvgIpc) is 2.73. The molecule has 2 aromatic rings. The molecule has 1 aliphatic heterocycles. The van der Waals surface area contributed by atoms with Gasteiger partial charge in [-0.05, 0) is 42.5 Å². The number of carbonyl (C=O) groups is 3. The number of carbonyl (C=O) groups excluding carboxylic acids is 3. The zero-order valence-corrected chi connectivity index (χ0v) is 15.9. The van der Waals surface area contributed by atoms with Gasteiger partial charge in [-0.15, -0.1) is 0 Å². The highest BCUT2D eigenvalue weighted by atomic mass is 19.1. The topological polar surface area (TPSA) is 95.7 Å². The smallest absolute Gasteiger partial charge is 0.248 e. The molecule has 0 spiro atoms. The van der Waals surface area contributed by atoms with E-state index in [4.69, 9.17) is 5.73 Å². The summed E-state index contributed by atoms with van der Waals surface area (Å²) in [5.74, 6) is -1.23. The Morgan fingerprint density at radius 3 is 2.31 bits per heavy atom. The van der Waals surface area contributed by atoms with Crippen LogP contribution in [0.15, 0.2) is 48.5 Å². The van der Waals surface area contributed by atoms with Crippen molar-refractivity contribution in [3.63, 3.8) is 0 Å². The first kappa shape index (κ1) is 20.3. The Hall–Kier alpha value is -3.42. The molecule has 0 bridgehead atoms. The second-order valence-corrected chi connectivity index (χ2v) is 6.84. The summed E-state index contributed by atoms with van der Waals surface area (Å²) in [4.78, 5) is 39.5. The number of hydrogen-bond donors (Lipinski definition) is 2. The van der Waals surface area contributed by atoms with Gasteiger partial charge in [-0.1, -0.05) is 6.07 Å². The largest absolute Gasteiger partial charge is 0.368 e. The maximum atomic E-state index is 13.0. The van der Waals surface area contributed by atoms with Crippen LogP contribution in [-0.4, -0.2) is 48.8 Å². The van der Waals surface area contributed by atoms with E-state index in [2.05, 4.69) is 10.2 Å². The molecule has 152 valence electrons. The summed E-state index contributed by atoms with van der Waals surface area (Å²) < 4.78 is 13.0. The van der Waals surface area contributed by atoms with E-state index in [1.165, 1.54) is 18.2 Å². The van der Waals surface area contributed by atoms with Gasteiger partial charge in [0.1, 0.15) is 5.82 Å². The number of primary amides is 1. The summed E-state index contributed by atoms with van der Waals surface area (Å²) in [7, 11) is 0. The Labute approximate surface area is 168 Å². The third-order valence-corrected chi connectivity index (χ3v) is 4.82. The van der Waals surface area contributed by atoms with E-state index in [1.54, 1.807) is 35.2 Å². The van der Waals surface area contributed by atoms with E-state index in [1.807, 2.05) is 0 Å². The average molecular weight is 398 g/mol. The molecule has 3 rings (SSSR count).